The van der Waals surface area contributed by atoms with E-state index in [2.05, 4.69) is 34.5 Å². The monoisotopic (exact) mass is 314 g/mol. The molecule has 1 aliphatic carbocycles. The van der Waals surface area contributed by atoms with Crippen LogP contribution in [-0.4, -0.2) is 31.9 Å². The van der Waals surface area contributed by atoms with Gasteiger partial charge in [0.05, 0.1) is 18.0 Å². The van der Waals surface area contributed by atoms with Gasteiger partial charge in [-0.25, -0.2) is 9.50 Å². The van der Waals surface area contributed by atoms with E-state index in [1.807, 2.05) is 22.8 Å². The van der Waals surface area contributed by atoms with Crippen LogP contribution in [0.25, 0.3) is 11.7 Å². The van der Waals surface area contributed by atoms with Crippen molar-refractivity contribution in [3.05, 3.63) is 30.1 Å². The summed E-state index contributed by atoms with van der Waals surface area (Å²) >= 11 is 0. The number of hydrogen-bond donors (Lipinski definition) is 2. The lowest BCUT2D eigenvalue weighted by Crippen LogP contribution is -2.28. The van der Waals surface area contributed by atoms with Crippen LogP contribution in [0.1, 0.15) is 57.6 Å². The van der Waals surface area contributed by atoms with Crippen molar-refractivity contribution in [2.45, 2.75) is 64.0 Å². The van der Waals surface area contributed by atoms with Gasteiger partial charge >= 0.3 is 0 Å². The number of aromatic nitrogens is 3. The molecule has 23 heavy (non-hydrogen) atoms. The Morgan fingerprint density at radius 3 is 2.91 bits per heavy atom. The van der Waals surface area contributed by atoms with E-state index in [0.29, 0.717) is 6.04 Å². The minimum absolute atomic E-state index is 0.128. The number of unbranched alkanes of at least 4 members (excludes halogenated alkanes) is 2. The maximum atomic E-state index is 9.60. The molecule has 0 aliphatic heterocycles. The second-order valence-corrected chi connectivity index (χ2v) is 6.37. The van der Waals surface area contributed by atoms with Crippen LogP contribution in [-0.2, 0) is 0 Å². The predicted octanol–water partition coefficient (Wildman–Crippen LogP) is 3.65. The Labute approximate surface area is 137 Å². The molecule has 0 bridgehead atoms. The third-order valence-electron chi connectivity index (χ3n) is 4.45. The van der Waals surface area contributed by atoms with E-state index in [1.165, 1.54) is 12.8 Å². The zero-order valence-corrected chi connectivity index (χ0v) is 13.8. The molecule has 1 fully saturated rings. The summed E-state index contributed by atoms with van der Waals surface area (Å²) in [5.41, 5.74) is 1.88. The van der Waals surface area contributed by atoms with Gasteiger partial charge in [0.1, 0.15) is 5.82 Å². The second-order valence-electron chi connectivity index (χ2n) is 6.37. The summed E-state index contributed by atoms with van der Waals surface area (Å²) in [6.45, 7) is 2.20. The van der Waals surface area contributed by atoms with E-state index < -0.39 is 0 Å². The van der Waals surface area contributed by atoms with E-state index in [4.69, 9.17) is 0 Å². The van der Waals surface area contributed by atoms with Gasteiger partial charge in [-0.3, -0.25) is 0 Å². The van der Waals surface area contributed by atoms with Crippen molar-refractivity contribution in [1.82, 2.24) is 14.6 Å². The highest BCUT2D eigenvalue weighted by molar-refractivity contribution is 5.53. The van der Waals surface area contributed by atoms with Crippen molar-refractivity contribution in [3.63, 3.8) is 0 Å². The summed E-state index contributed by atoms with van der Waals surface area (Å²) in [6.07, 6.45) is 13.3. The van der Waals surface area contributed by atoms with Crippen LogP contribution < -0.4 is 5.32 Å². The summed E-state index contributed by atoms with van der Waals surface area (Å²) in [6, 6.07) is 4.38. The highest BCUT2D eigenvalue weighted by Crippen LogP contribution is 2.21. The Morgan fingerprint density at radius 2 is 2.13 bits per heavy atom. The smallest absolute Gasteiger partial charge is 0.154 e. The Hall–Kier alpha value is -1.88. The molecule has 0 spiro atoms. The molecule has 2 aromatic heterocycles. The number of rotatable bonds is 6. The van der Waals surface area contributed by atoms with Gasteiger partial charge in [0.2, 0.25) is 0 Å². The van der Waals surface area contributed by atoms with Crippen molar-refractivity contribution in [1.29, 1.82) is 0 Å². The van der Waals surface area contributed by atoms with Gasteiger partial charge in [0.15, 0.2) is 5.65 Å². The summed E-state index contributed by atoms with van der Waals surface area (Å²) in [5, 5.41) is 17.8. The summed E-state index contributed by atoms with van der Waals surface area (Å²) < 4.78 is 1.89. The topological polar surface area (TPSA) is 62.5 Å². The number of nitrogens with zero attached hydrogens (tertiary/aromatic N) is 3. The fraction of sp³-hybridized carbons (Fsp3) is 0.556. The molecule has 1 saturated carbocycles. The molecular formula is C18H26N4O. The highest BCUT2D eigenvalue weighted by Gasteiger charge is 2.19. The quantitative estimate of drug-likeness (QED) is 0.799. The fourth-order valence-electron chi connectivity index (χ4n) is 3.04. The molecule has 0 radical (unpaired) electrons. The van der Waals surface area contributed by atoms with Gasteiger partial charge < -0.3 is 10.4 Å². The number of aliphatic hydroxyl groups is 1. The zero-order chi connectivity index (χ0) is 16.1. The van der Waals surface area contributed by atoms with Gasteiger partial charge in [-0.15, -0.1) is 5.10 Å². The number of anilines is 1. The largest absolute Gasteiger partial charge is 0.393 e. The molecule has 0 unspecified atom stereocenters. The molecule has 2 N–H and O–H groups in total. The fourth-order valence-corrected chi connectivity index (χ4v) is 3.04. The maximum Gasteiger partial charge on any atom is 0.154 e. The summed E-state index contributed by atoms with van der Waals surface area (Å²) in [4.78, 5) is 4.40. The predicted molar refractivity (Wildman–Crippen MR) is 93.4 cm³/mol. The molecular weight excluding hydrogens is 288 g/mol. The average Bonchev–Trinajstić information content (AvgIpc) is 2.96. The van der Waals surface area contributed by atoms with Crippen molar-refractivity contribution in [2.75, 3.05) is 5.32 Å². The van der Waals surface area contributed by atoms with Crippen LogP contribution in [0.5, 0.6) is 0 Å². The van der Waals surface area contributed by atoms with Gasteiger partial charge in [-0.1, -0.05) is 25.8 Å². The number of hydrogen-bond acceptors (Lipinski definition) is 4. The number of allylic oxidation sites excluding steroid dienone is 1. The van der Waals surface area contributed by atoms with Crippen molar-refractivity contribution in [3.8, 4) is 0 Å². The number of imidazole rings is 1. The van der Waals surface area contributed by atoms with E-state index in [1.54, 1.807) is 0 Å². The van der Waals surface area contributed by atoms with Crippen LogP contribution in [0, 0.1) is 0 Å². The maximum absolute atomic E-state index is 9.60. The lowest BCUT2D eigenvalue weighted by Gasteiger charge is -2.26. The SMILES string of the molecule is CCCCC=Cc1cnc2ccc(NC3CCC(O)CC3)nn12. The minimum atomic E-state index is -0.128. The van der Waals surface area contributed by atoms with Gasteiger partial charge in [-0.2, -0.15) is 0 Å². The van der Waals surface area contributed by atoms with Crippen molar-refractivity contribution >= 4 is 17.5 Å². The second kappa shape index (κ2) is 7.59. The number of aliphatic hydroxyl groups excluding tert-OH is 1. The zero-order valence-electron chi connectivity index (χ0n) is 13.8. The summed E-state index contributed by atoms with van der Waals surface area (Å²) in [5.74, 6) is 0.875. The van der Waals surface area contributed by atoms with E-state index >= 15 is 0 Å². The molecule has 0 atom stereocenters. The first-order valence-corrected chi connectivity index (χ1v) is 8.72. The molecule has 2 heterocycles. The Morgan fingerprint density at radius 1 is 1.30 bits per heavy atom. The molecule has 1 aliphatic rings. The molecule has 124 valence electrons. The van der Waals surface area contributed by atoms with Gasteiger partial charge in [0.25, 0.3) is 0 Å². The van der Waals surface area contributed by atoms with E-state index in [0.717, 1.165) is 49.3 Å². The summed E-state index contributed by atoms with van der Waals surface area (Å²) in [7, 11) is 0. The van der Waals surface area contributed by atoms with Crippen LogP contribution in [0.15, 0.2) is 24.4 Å². The molecule has 0 amide bonds. The lowest BCUT2D eigenvalue weighted by atomic mass is 9.93. The Kier molecular flexibility index (Phi) is 5.28. The number of fused-ring (bicyclic) bond motifs is 1. The van der Waals surface area contributed by atoms with Gasteiger partial charge in [-0.05, 0) is 50.3 Å². The molecule has 5 heteroatoms. The number of nitrogens with one attached hydrogen (secondary N) is 1. The van der Waals surface area contributed by atoms with E-state index in [-0.39, 0.29) is 6.10 Å². The standard InChI is InChI=1S/C18H26N4O/c1-2-3-4-5-6-15-13-19-18-12-11-17(21-22(15)18)20-14-7-9-16(23)10-8-14/h5-6,11-14,16,23H,2-4,7-10H2,1H3,(H,20,21). The molecule has 0 aromatic carbocycles. The highest BCUT2D eigenvalue weighted by atomic mass is 16.3. The third kappa shape index (κ3) is 4.10. The first kappa shape index (κ1) is 16.0. The Bertz CT molecular complexity index is 656. The first-order valence-electron chi connectivity index (χ1n) is 8.72. The van der Waals surface area contributed by atoms with Crippen LogP contribution >= 0.6 is 0 Å². The average molecular weight is 314 g/mol. The van der Waals surface area contributed by atoms with E-state index in [9.17, 15) is 5.11 Å². The van der Waals surface area contributed by atoms with Crippen molar-refractivity contribution < 1.29 is 5.11 Å². The van der Waals surface area contributed by atoms with Crippen LogP contribution in [0.4, 0.5) is 5.82 Å². The van der Waals surface area contributed by atoms with Crippen LogP contribution in [0.2, 0.25) is 0 Å². The van der Waals surface area contributed by atoms with Crippen LogP contribution in [0.3, 0.4) is 0 Å². The molecule has 3 rings (SSSR count). The lowest BCUT2D eigenvalue weighted by molar-refractivity contribution is 0.126. The van der Waals surface area contributed by atoms with Gasteiger partial charge in [0, 0.05) is 6.04 Å². The minimum Gasteiger partial charge on any atom is -0.393 e. The Balaban J connectivity index is 1.71. The molecule has 5 nitrogen and oxygen atoms in total. The first-order chi connectivity index (χ1) is 11.3. The van der Waals surface area contributed by atoms with Crippen molar-refractivity contribution in [2.24, 2.45) is 0 Å². The third-order valence-corrected chi connectivity index (χ3v) is 4.45. The normalized spacial score (nSPS) is 22.0. The molecule has 0 saturated heterocycles. The molecule has 2 aromatic rings.